The molecular weight excluding hydrogens is 260 g/mol. The number of benzene rings is 1. The lowest BCUT2D eigenvalue weighted by Gasteiger charge is -1.96. The molecule has 1 N–H and O–H groups in total. The van der Waals surface area contributed by atoms with Crippen molar-refractivity contribution < 1.29 is 14.7 Å². The number of hydrogen-bond donors (Lipinski definition) is 1. The molecule has 2 aromatic rings. The predicted molar refractivity (Wildman–Crippen MR) is 75.6 cm³/mol. The first-order valence-electron chi connectivity index (χ1n) is 5.76. The van der Waals surface area contributed by atoms with Gasteiger partial charge in [0.2, 0.25) is 0 Å². The second kappa shape index (κ2) is 11.6. The van der Waals surface area contributed by atoms with Gasteiger partial charge in [-0.1, -0.05) is 29.8 Å². The molecule has 1 aromatic carbocycles. The van der Waals surface area contributed by atoms with Crippen LogP contribution in [-0.2, 0) is 11.5 Å². The minimum absolute atomic E-state index is 0.646. The normalized spacial score (nSPS) is 8.50. The van der Waals surface area contributed by atoms with Gasteiger partial charge in [0, 0.05) is 25.1 Å². The summed E-state index contributed by atoms with van der Waals surface area (Å²) in [5.74, 6) is 0. The van der Waals surface area contributed by atoms with E-state index in [1.54, 1.807) is 7.11 Å². The van der Waals surface area contributed by atoms with Gasteiger partial charge < -0.3 is 14.5 Å². The first kappa shape index (κ1) is 17.5. The summed E-state index contributed by atoms with van der Waals surface area (Å²) in [6.07, 6.45) is 4.77. The molecule has 6 nitrogen and oxygen atoms in total. The minimum atomic E-state index is 0.646. The number of carbonyl (C=O) groups excluding carboxylic acids is 1. The number of ether oxygens (including phenoxy) is 1. The molecule has 0 aliphatic carbocycles. The van der Waals surface area contributed by atoms with Gasteiger partial charge in [0.25, 0.3) is 0 Å². The Morgan fingerprint density at radius 1 is 1.25 bits per heavy atom. The molecule has 0 aliphatic heterocycles. The molecule has 1 heterocycles. The van der Waals surface area contributed by atoms with E-state index in [-0.39, 0.29) is 0 Å². The summed E-state index contributed by atoms with van der Waals surface area (Å²) in [4.78, 5) is 18.2. The van der Waals surface area contributed by atoms with Crippen LogP contribution >= 0.6 is 0 Å². The average Bonchev–Trinajstić information content (AvgIpc) is 2.95. The molecule has 0 saturated carbocycles. The molecule has 0 unspecified atom stereocenters. The number of aldehydes is 1. The maximum absolute atomic E-state index is 10.1. The van der Waals surface area contributed by atoms with E-state index >= 15 is 0 Å². The van der Waals surface area contributed by atoms with Crippen LogP contribution in [0.1, 0.15) is 15.9 Å². The van der Waals surface area contributed by atoms with Crippen molar-refractivity contribution in [3.63, 3.8) is 0 Å². The third-order valence-corrected chi connectivity index (χ3v) is 2.16. The monoisotopic (exact) mass is 278 g/mol. The van der Waals surface area contributed by atoms with Crippen molar-refractivity contribution in [3.05, 3.63) is 64.8 Å². The van der Waals surface area contributed by atoms with Gasteiger partial charge in [-0.15, -0.1) is 4.91 Å². The van der Waals surface area contributed by atoms with Crippen LogP contribution in [0.2, 0.25) is 0 Å². The Balaban J connectivity index is 0.000000304. The number of aromatic nitrogens is 1. The van der Waals surface area contributed by atoms with Gasteiger partial charge in [0.05, 0.1) is 0 Å². The zero-order valence-corrected chi connectivity index (χ0v) is 11.5. The number of aryl methyl sites for hydroxylation is 1. The van der Waals surface area contributed by atoms with Gasteiger partial charge in [-0.25, -0.2) is 0 Å². The third kappa shape index (κ3) is 8.60. The van der Waals surface area contributed by atoms with E-state index in [0.717, 1.165) is 11.8 Å². The van der Waals surface area contributed by atoms with E-state index in [0.29, 0.717) is 6.73 Å². The molecule has 0 saturated heterocycles. The maximum Gasteiger partial charge on any atom is 0.152 e. The molecule has 0 bridgehead atoms. The maximum atomic E-state index is 10.1. The quantitative estimate of drug-likeness (QED) is 0.531. The first-order valence-corrected chi connectivity index (χ1v) is 5.76. The molecule has 108 valence electrons. The van der Waals surface area contributed by atoms with Crippen molar-refractivity contribution in [1.29, 1.82) is 0 Å². The standard InChI is InChI=1S/C8H8O.C6H9NO.HNO2/c1-7-2-4-8(6-9)5-3-7;1-8-6-7-4-2-3-5-7;2-1-3/h2-6H,1H3;2-5H,6H2,1H3;(H,2,3). The summed E-state index contributed by atoms with van der Waals surface area (Å²) in [5, 5.41) is 7.89. The molecule has 0 atom stereocenters. The highest BCUT2D eigenvalue weighted by Crippen LogP contribution is 1.98. The fourth-order valence-electron chi connectivity index (χ4n) is 1.25. The van der Waals surface area contributed by atoms with E-state index in [1.807, 2.05) is 60.3 Å². The van der Waals surface area contributed by atoms with Gasteiger partial charge >= 0.3 is 0 Å². The van der Waals surface area contributed by atoms with Crippen molar-refractivity contribution >= 4 is 6.29 Å². The fraction of sp³-hybridized carbons (Fsp3) is 0.214. The van der Waals surface area contributed by atoms with Crippen LogP contribution < -0.4 is 0 Å². The Morgan fingerprint density at radius 2 is 1.75 bits per heavy atom. The highest BCUT2D eigenvalue weighted by atomic mass is 16.6. The predicted octanol–water partition coefficient (Wildman–Crippen LogP) is 3.04. The van der Waals surface area contributed by atoms with Crippen LogP contribution in [0.5, 0.6) is 0 Å². The second-order valence-corrected chi connectivity index (χ2v) is 3.73. The molecule has 0 aliphatic rings. The van der Waals surface area contributed by atoms with E-state index in [9.17, 15) is 4.79 Å². The molecule has 0 spiro atoms. The molecule has 0 amide bonds. The Bertz CT molecular complexity index is 466. The Kier molecular flexibility index (Phi) is 10.2. The molecule has 20 heavy (non-hydrogen) atoms. The number of nitrogens with zero attached hydrogens (tertiary/aromatic N) is 2. The largest absolute Gasteiger partial charge is 0.379 e. The van der Waals surface area contributed by atoms with Crippen molar-refractivity contribution in [3.8, 4) is 0 Å². The summed E-state index contributed by atoms with van der Waals surface area (Å²) in [5.41, 5.74) is 1.92. The van der Waals surface area contributed by atoms with Crippen LogP contribution in [0.4, 0.5) is 0 Å². The van der Waals surface area contributed by atoms with Gasteiger partial charge in [0.1, 0.15) is 13.0 Å². The van der Waals surface area contributed by atoms with Crippen LogP contribution in [0, 0.1) is 11.8 Å². The highest BCUT2D eigenvalue weighted by molar-refractivity contribution is 5.74. The topological polar surface area (TPSA) is 80.9 Å². The Morgan fingerprint density at radius 3 is 2.15 bits per heavy atom. The van der Waals surface area contributed by atoms with E-state index in [4.69, 9.17) is 14.9 Å². The van der Waals surface area contributed by atoms with Gasteiger partial charge in [0.15, 0.2) is 5.34 Å². The lowest BCUT2D eigenvalue weighted by Crippen LogP contribution is -1.94. The Hall–Kier alpha value is -2.47. The van der Waals surface area contributed by atoms with Crippen molar-refractivity contribution in [2.75, 3.05) is 7.11 Å². The molecular formula is C14H18N2O4. The summed E-state index contributed by atoms with van der Waals surface area (Å²) in [6.45, 7) is 2.64. The van der Waals surface area contributed by atoms with E-state index < -0.39 is 0 Å². The smallest absolute Gasteiger partial charge is 0.152 e. The minimum Gasteiger partial charge on any atom is -0.379 e. The lowest BCUT2D eigenvalue weighted by atomic mass is 10.2. The van der Waals surface area contributed by atoms with Crippen molar-refractivity contribution in [1.82, 2.24) is 4.57 Å². The molecule has 2 rings (SSSR count). The highest BCUT2D eigenvalue weighted by Gasteiger charge is 1.85. The molecule has 0 fully saturated rings. The second-order valence-electron chi connectivity index (χ2n) is 3.73. The first-order chi connectivity index (χ1) is 9.67. The zero-order valence-electron chi connectivity index (χ0n) is 11.5. The SMILES string of the molecule is COCn1cccc1.Cc1ccc(C=O)cc1.O=NO. The number of hydrogen-bond acceptors (Lipinski definition) is 4. The van der Waals surface area contributed by atoms with Crippen LogP contribution in [-0.4, -0.2) is 23.2 Å². The lowest BCUT2D eigenvalue weighted by molar-refractivity contribution is 0.112. The molecule has 0 radical (unpaired) electrons. The molecule has 6 heteroatoms. The summed E-state index contributed by atoms with van der Waals surface area (Å²) in [7, 11) is 1.68. The van der Waals surface area contributed by atoms with Crippen LogP contribution in [0.25, 0.3) is 0 Å². The summed E-state index contributed by atoms with van der Waals surface area (Å²) in [6, 6.07) is 11.4. The average molecular weight is 278 g/mol. The Labute approximate surface area is 117 Å². The fourth-order valence-corrected chi connectivity index (χ4v) is 1.25. The molecule has 1 aromatic heterocycles. The van der Waals surface area contributed by atoms with E-state index in [2.05, 4.69) is 0 Å². The van der Waals surface area contributed by atoms with Crippen molar-refractivity contribution in [2.24, 2.45) is 5.34 Å². The van der Waals surface area contributed by atoms with Gasteiger partial charge in [-0.2, -0.15) is 0 Å². The van der Waals surface area contributed by atoms with Crippen LogP contribution in [0.3, 0.4) is 0 Å². The van der Waals surface area contributed by atoms with Gasteiger partial charge in [-0.3, -0.25) is 4.79 Å². The summed E-state index contributed by atoms with van der Waals surface area (Å²) >= 11 is 0. The van der Waals surface area contributed by atoms with Crippen molar-refractivity contribution in [2.45, 2.75) is 13.7 Å². The van der Waals surface area contributed by atoms with Gasteiger partial charge in [-0.05, 0) is 19.1 Å². The summed E-state index contributed by atoms with van der Waals surface area (Å²) < 4.78 is 6.81. The van der Waals surface area contributed by atoms with E-state index in [1.165, 1.54) is 10.9 Å². The number of rotatable bonds is 3. The zero-order chi connectivity index (χ0) is 15.2. The third-order valence-electron chi connectivity index (χ3n) is 2.16. The number of carbonyl (C=O) groups is 1. The van der Waals surface area contributed by atoms with Crippen LogP contribution in [0.15, 0.2) is 54.1 Å². The number of methoxy groups -OCH3 is 1.